The molecule has 108 valence electrons. The Kier molecular flexibility index (Phi) is 3.75. The average molecular weight is 288 g/mol. The number of anilines is 1. The lowest BCUT2D eigenvalue weighted by molar-refractivity contribution is -0.384. The van der Waals surface area contributed by atoms with Gasteiger partial charge in [0.1, 0.15) is 17.1 Å². The van der Waals surface area contributed by atoms with Crippen molar-refractivity contribution in [2.45, 2.75) is 6.92 Å². The molecule has 2 aromatic rings. The van der Waals surface area contributed by atoms with Crippen molar-refractivity contribution in [1.82, 2.24) is 0 Å². The van der Waals surface area contributed by atoms with E-state index in [1.165, 1.54) is 12.1 Å². The number of nitrogen functional groups attached to an aromatic ring is 1. The van der Waals surface area contributed by atoms with Gasteiger partial charge in [0.25, 0.3) is 5.69 Å². The van der Waals surface area contributed by atoms with Crippen LogP contribution in [0.2, 0.25) is 0 Å². The molecule has 7 nitrogen and oxygen atoms in total. The van der Waals surface area contributed by atoms with E-state index < -0.39 is 10.9 Å². The molecule has 0 fully saturated rings. The number of carboxylic acid groups (broad SMARTS) is 1. The lowest BCUT2D eigenvalue weighted by Gasteiger charge is -2.11. The quantitative estimate of drug-likeness (QED) is 0.507. The second kappa shape index (κ2) is 5.49. The predicted octanol–water partition coefficient (Wildman–Crippen LogP) is 2.98. The molecule has 3 N–H and O–H groups in total. The van der Waals surface area contributed by atoms with Gasteiger partial charge in [0.05, 0.1) is 10.6 Å². The van der Waals surface area contributed by atoms with Crippen LogP contribution in [0.15, 0.2) is 36.4 Å². The molecule has 7 heteroatoms. The molecule has 0 amide bonds. The van der Waals surface area contributed by atoms with Crippen LogP contribution in [-0.4, -0.2) is 16.0 Å². The second-order valence-corrected chi connectivity index (χ2v) is 4.39. The zero-order valence-corrected chi connectivity index (χ0v) is 11.1. The number of carbonyl (C=O) groups is 1. The fraction of sp³-hybridized carbons (Fsp3) is 0.0714. The normalized spacial score (nSPS) is 10.1. The Balaban J connectivity index is 2.44. The molecule has 0 atom stereocenters. The van der Waals surface area contributed by atoms with Gasteiger partial charge in [-0.2, -0.15) is 0 Å². The van der Waals surface area contributed by atoms with Crippen LogP contribution in [0.5, 0.6) is 11.5 Å². The van der Waals surface area contributed by atoms with Crippen molar-refractivity contribution in [1.29, 1.82) is 0 Å². The summed E-state index contributed by atoms with van der Waals surface area (Å²) in [5.74, 6) is -1.04. The SMILES string of the molecule is Cc1ccc(Oc2ccc([N+](=O)[O-])cc2C(=O)O)c(N)c1. The Labute approximate surface area is 119 Å². The molecular formula is C14H12N2O5. The number of nitro groups is 1. The highest BCUT2D eigenvalue weighted by Gasteiger charge is 2.18. The summed E-state index contributed by atoms with van der Waals surface area (Å²) >= 11 is 0. The predicted molar refractivity (Wildman–Crippen MR) is 75.7 cm³/mol. The third kappa shape index (κ3) is 3.08. The summed E-state index contributed by atoms with van der Waals surface area (Å²) in [6, 6.07) is 8.41. The van der Waals surface area contributed by atoms with Crippen LogP contribution >= 0.6 is 0 Å². The zero-order chi connectivity index (χ0) is 15.6. The number of rotatable bonds is 4. The molecular weight excluding hydrogens is 276 g/mol. The monoisotopic (exact) mass is 288 g/mol. The highest BCUT2D eigenvalue weighted by molar-refractivity contribution is 5.92. The Bertz CT molecular complexity index is 727. The Hall–Kier alpha value is -3.09. The molecule has 21 heavy (non-hydrogen) atoms. The summed E-state index contributed by atoms with van der Waals surface area (Å²) in [5.41, 5.74) is 6.45. The largest absolute Gasteiger partial charge is 0.478 e. The summed E-state index contributed by atoms with van der Waals surface area (Å²) in [5, 5.41) is 19.8. The fourth-order valence-electron chi connectivity index (χ4n) is 1.77. The van der Waals surface area contributed by atoms with Gasteiger partial charge in [-0.15, -0.1) is 0 Å². The molecule has 2 aromatic carbocycles. The second-order valence-electron chi connectivity index (χ2n) is 4.39. The van der Waals surface area contributed by atoms with Crippen LogP contribution in [0.3, 0.4) is 0 Å². The van der Waals surface area contributed by atoms with Crippen LogP contribution in [0.4, 0.5) is 11.4 Å². The van der Waals surface area contributed by atoms with E-state index >= 15 is 0 Å². The summed E-state index contributed by atoms with van der Waals surface area (Å²) in [7, 11) is 0. The molecule has 0 saturated carbocycles. The molecule has 0 bridgehead atoms. The molecule has 0 unspecified atom stereocenters. The van der Waals surface area contributed by atoms with E-state index in [1.807, 2.05) is 6.92 Å². The van der Waals surface area contributed by atoms with Crippen molar-refractivity contribution in [3.05, 3.63) is 57.6 Å². The molecule has 0 radical (unpaired) electrons. The fourth-order valence-corrected chi connectivity index (χ4v) is 1.77. The maximum Gasteiger partial charge on any atom is 0.339 e. The first-order valence-corrected chi connectivity index (χ1v) is 5.94. The van der Waals surface area contributed by atoms with Gasteiger partial charge in [-0.3, -0.25) is 10.1 Å². The van der Waals surface area contributed by atoms with E-state index in [2.05, 4.69) is 0 Å². The van der Waals surface area contributed by atoms with Crippen molar-refractivity contribution < 1.29 is 19.6 Å². The molecule has 0 aliphatic carbocycles. The maximum atomic E-state index is 11.2. The minimum atomic E-state index is -1.32. The Morgan fingerprint density at radius 3 is 2.48 bits per heavy atom. The number of carboxylic acids is 1. The van der Waals surface area contributed by atoms with Gasteiger partial charge in [-0.1, -0.05) is 6.07 Å². The van der Waals surface area contributed by atoms with Crippen molar-refractivity contribution in [3.8, 4) is 11.5 Å². The van der Waals surface area contributed by atoms with Crippen LogP contribution < -0.4 is 10.5 Å². The molecule has 0 aliphatic heterocycles. The van der Waals surface area contributed by atoms with Gasteiger partial charge in [-0.25, -0.2) is 4.79 Å². The van der Waals surface area contributed by atoms with E-state index in [1.54, 1.807) is 18.2 Å². The summed E-state index contributed by atoms with van der Waals surface area (Å²) in [4.78, 5) is 21.2. The number of nitrogens with zero attached hydrogens (tertiary/aromatic N) is 1. The third-order valence-corrected chi connectivity index (χ3v) is 2.79. The van der Waals surface area contributed by atoms with Crippen molar-refractivity contribution >= 4 is 17.3 Å². The van der Waals surface area contributed by atoms with E-state index in [4.69, 9.17) is 15.6 Å². The number of hydrogen-bond acceptors (Lipinski definition) is 5. The average Bonchev–Trinajstić information content (AvgIpc) is 2.41. The van der Waals surface area contributed by atoms with E-state index in [9.17, 15) is 14.9 Å². The van der Waals surface area contributed by atoms with Gasteiger partial charge >= 0.3 is 5.97 Å². The van der Waals surface area contributed by atoms with Gasteiger partial charge in [-0.05, 0) is 30.7 Å². The standard InChI is InChI=1S/C14H12N2O5/c1-8-2-4-13(11(15)6-8)21-12-5-3-9(16(19)20)7-10(12)14(17)18/h2-7H,15H2,1H3,(H,17,18). The maximum absolute atomic E-state index is 11.2. The number of nitro benzene ring substituents is 1. The minimum Gasteiger partial charge on any atom is -0.478 e. The van der Waals surface area contributed by atoms with Crippen LogP contribution in [0.1, 0.15) is 15.9 Å². The molecule has 2 rings (SSSR count). The first-order chi connectivity index (χ1) is 9.88. The van der Waals surface area contributed by atoms with Crippen LogP contribution in [0.25, 0.3) is 0 Å². The number of aromatic carboxylic acids is 1. The summed E-state index contributed by atoms with van der Waals surface area (Å²) in [6.07, 6.45) is 0. The van der Waals surface area contributed by atoms with Gasteiger partial charge in [0, 0.05) is 12.1 Å². The highest BCUT2D eigenvalue weighted by Crippen LogP contribution is 2.32. The number of non-ortho nitro benzene ring substituents is 1. The minimum absolute atomic E-state index is 0.0105. The van der Waals surface area contributed by atoms with Crippen LogP contribution in [-0.2, 0) is 0 Å². The molecule has 0 aromatic heterocycles. The first-order valence-electron chi connectivity index (χ1n) is 5.94. The number of aryl methyl sites for hydroxylation is 1. The Morgan fingerprint density at radius 2 is 1.90 bits per heavy atom. The highest BCUT2D eigenvalue weighted by atomic mass is 16.6. The smallest absolute Gasteiger partial charge is 0.339 e. The lowest BCUT2D eigenvalue weighted by Crippen LogP contribution is -2.02. The molecule has 0 saturated heterocycles. The number of hydrogen-bond donors (Lipinski definition) is 2. The topological polar surface area (TPSA) is 116 Å². The van der Waals surface area contributed by atoms with E-state index in [-0.39, 0.29) is 22.7 Å². The van der Waals surface area contributed by atoms with Gasteiger partial charge in [0.2, 0.25) is 0 Å². The van der Waals surface area contributed by atoms with E-state index in [0.717, 1.165) is 11.6 Å². The van der Waals surface area contributed by atoms with Gasteiger partial charge < -0.3 is 15.6 Å². The number of nitrogens with two attached hydrogens (primary N) is 1. The van der Waals surface area contributed by atoms with Crippen molar-refractivity contribution in [3.63, 3.8) is 0 Å². The lowest BCUT2D eigenvalue weighted by atomic mass is 10.1. The van der Waals surface area contributed by atoms with Gasteiger partial charge in [0.15, 0.2) is 0 Å². The summed E-state index contributed by atoms with van der Waals surface area (Å²) < 4.78 is 5.46. The summed E-state index contributed by atoms with van der Waals surface area (Å²) in [6.45, 7) is 1.86. The van der Waals surface area contributed by atoms with E-state index in [0.29, 0.717) is 5.69 Å². The zero-order valence-electron chi connectivity index (χ0n) is 11.1. The molecule has 0 aliphatic rings. The van der Waals surface area contributed by atoms with Crippen molar-refractivity contribution in [2.24, 2.45) is 0 Å². The third-order valence-electron chi connectivity index (χ3n) is 2.79. The first kappa shape index (κ1) is 14.3. The Morgan fingerprint density at radius 1 is 1.24 bits per heavy atom. The molecule has 0 heterocycles. The van der Waals surface area contributed by atoms with Crippen molar-refractivity contribution in [2.75, 3.05) is 5.73 Å². The number of benzene rings is 2. The molecule has 0 spiro atoms. The number of ether oxygens (including phenoxy) is 1. The van der Waals surface area contributed by atoms with Crippen LogP contribution in [0, 0.1) is 17.0 Å².